The summed E-state index contributed by atoms with van der Waals surface area (Å²) in [5.41, 5.74) is 0.388. The van der Waals surface area contributed by atoms with Gasteiger partial charge in [0.25, 0.3) is 5.91 Å². The van der Waals surface area contributed by atoms with Gasteiger partial charge in [-0.25, -0.2) is 8.42 Å². The van der Waals surface area contributed by atoms with Gasteiger partial charge in [0.2, 0.25) is 10.0 Å². The quantitative estimate of drug-likeness (QED) is 0.472. The van der Waals surface area contributed by atoms with E-state index in [0.717, 1.165) is 10.8 Å². The molecule has 0 aromatic heterocycles. The van der Waals surface area contributed by atoms with Crippen LogP contribution < -0.4 is 19.5 Å². The molecule has 32 heavy (non-hydrogen) atoms. The second-order valence-electron chi connectivity index (χ2n) is 6.64. The number of amides is 1. The number of ether oxygens (including phenoxy) is 3. The lowest BCUT2D eigenvalue weighted by Crippen LogP contribution is -2.32. The molecule has 0 aliphatic carbocycles. The van der Waals surface area contributed by atoms with Gasteiger partial charge in [-0.3, -0.25) is 9.59 Å². The average Bonchev–Trinajstić information content (AvgIpc) is 2.80. The van der Waals surface area contributed by atoms with E-state index in [2.05, 4.69) is 10.0 Å². The zero-order valence-corrected chi connectivity index (χ0v) is 18.3. The van der Waals surface area contributed by atoms with E-state index in [4.69, 9.17) is 14.2 Å². The monoisotopic (exact) mass is 458 g/mol. The van der Waals surface area contributed by atoms with Crippen molar-refractivity contribution < 1.29 is 32.2 Å². The first kappa shape index (κ1) is 23.0. The smallest absolute Gasteiger partial charge is 0.321 e. The molecule has 10 heteroatoms. The number of esters is 1. The Bertz CT molecular complexity index is 1220. The minimum absolute atomic E-state index is 0.0220. The Morgan fingerprint density at radius 3 is 2.19 bits per heavy atom. The average molecular weight is 458 g/mol. The van der Waals surface area contributed by atoms with Crippen molar-refractivity contribution in [3.05, 3.63) is 60.7 Å². The fourth-order valence-electron chi connectivity index (χ4n) is 2.85. The molecule has 0 heterocycles. The van der Waals surface area contributed by atoms with Gasteiger partial charge in [0.05, 0.1) is 19.1 Å². The first-order chi connectivity index (χ1) is 15.3. The second-order valence-corrected chi connectivity index (χ2v) is 8.41. The molecular formula is C22H22N2O7S. The molecule has 0 aliphatic heterocycles. The fourth-order valence-corrected chi connectivity index (χ4v) is 3.85. The molecule has 3 rings (SSSR count). The van der Waals surface area contributed by atoms with Crippen LogP contribution in [0.2, 0.25) is 0 Å². The predicted octanol–water partition coefficient (Wildman–Crippen LogP) is 2.32. The number of hydrogen-bond donors (Lipinski definition) is 2. The molecule has 9 nitrogen and oxygen atoms in total. The number of methoxy groups -OCH3 is 2. The molecule has 2 N–H and O–H groups in total. The van der Waals surface area contributed by atoms with Crippen LogP contribution in [0.3, 0.4) is 0 Å². The molecule has 168 valence electrons. The third-order valence-electron chi connectivity index (χ3n) is 4.44. The van der Waals surface area contributed by atoms with Gasteiger partial charge in [-0.05, 0) is 22.9 Å². The van der Waals surface area contributed by atoms with E-state index in [1.807, 2.05) is 12.1 Å². The highest BCUT2D eigenvalue weighted by atomic mass is 32.2. The molecule has 0 unspecified atom stereocenters. The summed E-state index contributed by atoms with van der Waals surface area (Å²) in [7, 11) is -0.982. The van der Waals surface area contributed by atoms with Crippen molar-refractivity contribution >= 4 is 38.4 Å². The van der Waals surface area contributed by atoms with Crippen molar-refractivity contribution in [2.75, 3.05) is 32.7 Å². The number of carbonyl (C=O) groups excluding carboxylic acids is 2. The van der Waals surface area contributed by atoms with Crippen LogP contribution in [0, 0.1) is 0 Å². The van der Waals surface area contributed by atoms with Crippen LogP contribution in [0.1, 0.15) is 0 Å². The molecule has 0 saturated carbocycles. The van der Waals surface area contributed by atoms with E-state index in [9.17, 15) is 18.0 Å². The van der Waals surface area contributed by atoms with Gasteiger partial charge in [0.1, 0.15) is 18.0 Å². The second kappa shape index (κ2) is 10.1. The molecule has 0 saturated heterocycles. The topological polar surface area (TPSA) is 120 Å². The van der Waals surface area contributed by atoms with Gasteiger partial charge in [-0.15, -0.1) is 0 Å². The molecule has 1 amide bonds. The largest absolute Gasteiger partial charge is 0.497 e. The van der Waals surface area contributed by atoms with E-state index >= 15 is 0 Å². The third-order valence-corrected chi connectivity index (χ3v) is 5.84. The summed E-state index contributed by atoms with van der Waals surface area (Å²) in [4.78, 5) is 24.0. The minimum Gasteiger partial charge on any atom is -0.497 e. The number of nitrogens with one attached hydrogen (secondary N) is 2. The van der Waals surface area contributed by atoms with Crippen molar-refractivity contribution in [1.82, 2.24) is 4.72 Å². The molecule has 0 radical (unpaired) electrons. The van der Waals surface area contributed by atoms with E-state index in [1.54, 1.807) is 36.4 Å². The van der Waals surface area contributed by atoms with E-state index in [-0.39, 0.29) is 4.90 Å². The lowest BCUT2D eigenvalue weighted by molar-refractivity contribution is -0.146. The van der Waals surface area contributed by atoms with Crippen LogP contribution in [0.15, 0.2) is 65.6 Å². The molecule has 0 spiro atoms. The standard InChI is InChI=1S/C22H22N2O7S/c1-29-18-10-17(11-19(12-18)30-2)24-21(25)14-31-22(26)13-23-32(27,28)20-8-7-15-5-3-4-6-16(15)9-20/h3-12,23H,13-14H2,1-2H3,(H,24,25). The van der Waals surface area contributed by atoms with Crippen molar-refractivity contribution in [2.24, 2.45) is 0 Å². The molecule has 3 aromatic rings. The summed E-state index contributed by atoms with van der Waals surface area (Å²) in [5.74, 6) is -0.557. The maximum absolute atomic E-state index is 12.5. The first-order valence-electron chi connectivity index (χ1n) is 9.48. The van der Waals surface area contributed by atoms with Gasteiger partial charge < -0.3 is 19.5 Å². The van der Waals surface area contributed by atoms with Gasteiger partial charge >= 0.3 is 5.97 Å². The number of benzene rings is 3. The third kappa shape index (κ3) is 5.96. The van der Waals surface area contributed by atoms with Crippen molar-refractivity contribution in [1.29, 1.82) is 0 Å². The maximum atomic E-state index is 12.5. The Labute approximate surface area is 185 Å². The Kier molecular flexibility index (Phi) is 7.29. The number of sulfonamides is 1. The SMILES string of the molecule is COc1cc(NC(=O)COC(=O)CNS(=O)(=O)c2ccc3ccccc3c2)cc(OC)c1. The normalized spacial score (nSPS) is 11.1. The Morgan fingerprint density at radius 1 is 0.875 bits per heavy atom. The summed E-state index contributed by atoms with van der Waals surface area (Å²) in [6, 6.07) is 16.7. The van der Waals surface area contributed by atoms with E-state index in [1.165, 1.54) is 26.4 Å². The van der Waals surface area contributed by atoms with Crippen LogP contribution in [0.25, 0.3) is 10.8 Å². The van der Waals surface area contributed by atoms with Crippen LogP contribution in [-0.2, 0) is 24.3 Å². The highest BCUT2D eigenvalue weighted by molar-refractivity contribution is 7.89. The fraction of sp³-hybridized carbons (Fsp3) is 0.182. The Balaban J connectivity index is 1.52. The molecule has 0 fully saturated rings. The Morgan fingerprint density at radius 2 is 1.53 bits per heavy atom. The van der Waals surface area contributed by atoms with Crippen LogP contribution in [-0.4, -0.2) is 47.7 Å². The predicted molar refractivity (Wildman–Crippen MR) is 118 cm³/mol. The highest BCUT2D eigenvalue weighted by Gasteiger charge is 2.17. The lowest BCUT2D eigenvalue weighted by Gasteiger charge is -2.11. The lowest BCUT2D eigenvalue weighted by atomic mass is 10.1. The van der Waals surface area contributed by atoms with Gasteiger partial charge in [-0.1, -0.05) is 30.3 Å². The van der Waals surface area contributed by atoms with E-state index in [0.29, 0.717) is 17.2 Å². The van der Waals surface area contributed by atoms with Gasteiger partial charge in [-0.2, -0.15) is 4.72 Å². The summed E-state index contributed by atoms with van der Waals surface area (Å²) < 4.78 is 42.2. The summed E-state index contributed by atoms with van der Waals surface area (Å²) >= 11 is 0. The highest BCUT2D eigenvalue weighted by Crippen LogP contribution is 2.25. The van der Waals surface area contributed by atoms with Gasteiger partial charge in [0, 0.05) is 23.9 Å². The molecule has 0 atom stereocenters. The van der Waals surface area contributed by atoms with Crippen LogP contribution in [0.4, 0.5) is 5.69 Å². The number of anilines is 1. The number of fused-ring (bicyclic) bond motifs is 1. The number of rotatable bonds is 9. The molecule has 0 bridgehead atoms. The van der Waals surface area contributed by atoms with Gasteiger partial charge in [0.15, 0.2) is 6.61 Å². The van der Waals surface area contributed by atoms with Crippen molar-refractivity contribution in [2.45, 2.75) is 4.90 Å². The van der Waals surface area contributed by atoms with Crippen LogP contribution in [0.5, 0.6) is 11.5 Å². The van der Waals surface area contributed by atoms with E-state index < -0.39 is 35.1 Å². The van der Waals surface area contributed by atoms with Crippen molar-refractivity contribution in [3.63, 3.8) is 0 Å². The molecule has 3 aromatic carbocycles. The summed E-state index contributed by atoms with van der Waals surface area (Å²) in [6.07, 6.45) is 0. The zero-order valence-electron chi connectivity index (χ0n) is 17.5. The summed E-state index contributed by atoms with van der Waals surface area (Å²) in [5, 5.41) is 4.19. The summed E-state index contributed by atoms with van der Waals surface area (Å²) in [6.45, 7) is -1.20. The van der Waals surface area contributed by atoms with Crippen molar-refractivity contribution in [3.8, 4) is 11.5 Å². The zero-order chi connectivity index (χ0) is 23.1. The molecular weight excluding hydrogens is 436 g/mol. The number of carbonyl (C=O) groups is 2. The van der Waals surface area contributed by atoms with Crippen LogP contribution >= 0.6 is 0 Å². The maximum Gasteiger partial charge on any atom is 0.321 e. The molecule has 0 aliphatic rings. The Hall–Kier alpha value is -3.63. The minimum atomic E-state index is -3.93. The number of hydrogen-bond acceptors (Lipinski definition) is 7. The first-order valence-corrected chi connectivity index (χ1v) is 11.0.